The number of rotatable bonds is 0. The van der Waals surface area contributed by atoms with Crippen molar-refractivity contribution in [3.8, 4) is 0 Å². The van der Waals surface area contributed by atoms with E-state index in [1.165, 1.54) is 6.92 Å². The zero-order valence-electron chi connectivity index (χ0n) is 11.7. The Morgan fingerprint density at radius 3 is 2.20 bits per heavy atom. The Morgan fingerprint density at radius 2 is 1.70 bits per heavy atom. The highest BCUT2D eigenvalue weighted by atomic mass is 35.5. The van der Waals surface area contributed by atoms with Gasteiger partial charge < -0.3 is 0 Å². The first kappa shape index (κ1) is 15.1. The van der Waals surface area contributed by atoms with Gasteiger partial charge in [-0.25, -0.2) is 4.98 Å². The summed E-state index contributed by atoms with van der Waals surface area (Å²) in [6, 6.07) is 5.20. The van der Waals surface area contributed by atoms with Gasteiger partial charge in [-0.05, 0) is 35.6 Å². The molecule has 5 heteroatoms. The van der Waals surface area contributed by atoms with E-state index in [9.17, 15) is 13.2 Å². The van der Waals surface area contributed by atoms with E-state index >= 15 is 0 Å². The summed E-state index contributed by atoms with van der Waals surface area (Å²) in [6.45, 7) is 7.45. The van der Waals surface area contributed by atoms with Crippen LogP contribution in [0.4, 0.5) is 13.2 Å². The van der Waals surface area contributed by atoms with Crippen LogP contribution >= 0.6 is 11.6 Å². The molecule has 0 fully saturated rings. The number of nitrogens with zero attached hydrogens (tertiary/aromatic N) is 1. The smallest absolute Gasteiger partial charge is 0.243 e. The Hall–Kier alpha value is -1.29. The van der Waals surface area contributed by atoms with E-state index in [1.54, 1.807) is 12.1 Å². The van der Waals surface area contributed by atoms with E-state index < -0.39 is 11.9 Å². The van der Waals surface area contributed by atoms with Gasteiger partial charge in [-0.1, -0.05) is 38.4 Å². The molecule has 0 saturated heterocycles. The van der Waals surface area contributed by atoms with Crippen LogP contribution in [-0.2, 0) is 11.6 Å². The van der Waals surface area contributed by atoms with Crippen molar-refractivity contribution in [2.24, 2.45) is 0 Å². The van der Waals surface area contributed by atoms with Gasteiger partial charge in [0, 0.05) is 5.39 Å². The van der Waals surface area contributed by atoms with Crippen LogP contribution in [0.3, 0.4) is 0 Å². The lowest BCUT2D eigenvalue weighted by Crippen LogP contribution is -2.13. The molecule has 2 aromatic rings. The van der Waals surface area contributed by atoms with E-state index in [4.69, 9.17) is 11.6 Å². The first-order valence-electron chi connectivity index (χ1n) is 6.19. The third-order valence-corrected chi connectivity index (χ3v) is 3.77. The normalized spacial score (nSPS) is 13.0. The topological polar surface area (TPSA) is 12.9 Å². The van der Waals surface area contributed by atoms with Crippen molar-refractivity contribution in [1.82, 2.24) is 4.98 Å². The van der Waals surface area contributed by atoms with Gasteiger partial charge in [0.1, 0.15) is 5.69 Å². The minimum absolute atomic E-state index is 0.0299. The van der Waals surface area contributed by atoms with Gasteiger partial charge in [-0.15, -0.1) is 0 Å². The van der Waals surface area contributed by atoms with Crippen molar-refractivity contribution in [2.75, 3.05) is 0 Å². The van der Waals surface area contributed by atoms with Gasteiger partial charge in [0.15, 0.2) is 0 Å². The molecule has 1 heterocycles. The molecule has 0 saturated carbocycles. The van der Waals surface area contributed by atoms with Gasteiger partial charge >= 0.3 is 6.18 Å². The Balaban J connectivity index is 2.78. The molecule has 1 aromatic carbocycles. The summed E-state index contributed by atoms with van der Waals surface area (Å²) >= 11 is 6.12. The van der Waals surface area contributed by atoms with E-state index in [0.717, 1.165) is 5.56 Å². The van der Waals surface area contributed by atoms with Gasteiger partial charge in [-0.2, -0.15) is 13.2 Å². The highest BCUT2D eigenvalue weighted by molar-refractivity contribution is 6.36. The van der Waals surface area contributed by atoms with Crippen LogP contribution in [-0.4, -0.2) is 4.98 Å². The largest absolute Gasteiger partial charge is 0.433 e. The zero-order chi connectivity index (χ0) is 15.3. The molecule has 0 radical (unpaired) electrons. The number of aromatic nitrogens is 1. The SMILES string of the molecule is Cc1c(C(F)(F)F)nc2ccc(C(C)(C)C)cc2c1Cl. The Labute approximate surface area is 120 Å². The van der Waals surface area contributed by atoms with E-state index in [-0.39, 0.29) is 21.5 Å². The Kier molecular flexibility index (Phi) is 3.49. The van der Waals surface area contributed by atoms with Crippen molar-refractivity contribution < 1.29 is 13.2 Å². The molecular formula is C15H15ClF3N. The van der Waals surface area contributed by atoms with E-state index in [2.05, 4.69) is 4.98 Å². The molecule has 20 heavy (non-hydrogen) atoms. The number of benzene rings is 1. The monoisotopic (exact) mass is 301 g/mol. The van der Waals surface area contributed by atoms with E-state index in [0.29, 0.717) is 5.39 Å². The summed E-state index contributed by atoms with van der Waals surface area (Å²) in [5, 5.41) is 0.679. The standard InChI is InChI=1S/C15H15ClF3N/c1-8-12(16)10-7-9(14(2,3)4)5-6-11(10)20-13(8)15(17,18)19/h5-7H,1-4H3. The lowest BCUT2D eigenvalue weighted by Gasteiger charge is -2.20. The summed E-state index contributed by atoms with van der Waals surface area (Å²) in [5.74, 6) is 0. The van der Waals surface area contributed by atoms with Crippen LogP contribution in [0.1, 0.15) is 37.6 Å². The second-order valence-corrected chi connectivity index (χ2v) is 6.26. The van der Waals surface area contributed by atoms with Gasteiger partial charge in [0.2, 0.25) is 0 Å². The third-order valence-electron chi connectivity index (χ3n) is 3.28. The molecule has 0 aliphatic heterocycles. The number of hydrogen-bond donors (Lipinski definition) is 0. The lowest BCUT2D eigenvalue weighted by atomic mass is 9.86. The fraction of sp³-hybridized carbons (Fsp3) is 0.400. The van der Waals surface area contributed by atoms with Crippen LogP contribution in [0.5, 0.6) is 0 Å². The second-order valence-electron chi connectivity index (χ2n) is 5.88. The molecule has 0 aliphatic carbocycles. The number of pyridine rings is 1. The van der Waals surface area contributed by atoms with Crippen LogP contribution < -0.4 is 0 Å². The Bertz CT molecular complexity index is 669. The van der Waals surface area contributed by atoms with Gasteiger partial charge in [0.25, 0.3) is 0 Å². The molecular weight excluding hydrogens is 287 g/mol. The molecule has 0 unspecified atom stereocenters. The molecule has 2 rings (SSSR count). The molecule has 0 amide bonds. The summed E-state index contributed by atoms with van der Waals surface area (Å²) < 4.78 is 38.7. The first-order valence-corrected chi connectivity index (χ1v) is 6.57. The van der Waals surface area contributed by atoms with Crippen LogP contribution in [0.25, 0.3) is 10.9 Å². The fourth-order valence-electron chi connectivity index (χ4n) is 2.06. The van der Waals surface area contributed by atoms with Crippen molar-refractivity contribution in [1.29, 1.82) is 0 Å². The average Bonchev–Trinajstić information content (AvgIpc) is 2.30. The number of halogens is 4. The molecule has 0 bridgehead atoms. The predicted octanol–water partition coefficient (Wildman–Crippen LogP) is 5.51. The third kappa shape index (κ3) is 2.62. The fourth-order valence-corrected chi connectivity index (χ4v) is 2.30. The minimum atomic E-state index is -4.50. The number of fused-ring (bicyclic) bond motifs is 1. The molecule has 0 N–H and O–H groups in total. The van der Waals surface area contributed by atoms with Crippen molar-refractivity contribution in [3.05, 3.63) is 40.0 Å². The summed E-state index contributed by atoms with van der Waals surface area (Å²) in [6.07, 6.45) is -4.50. The zero-order valence-corrected chi connectivity index (χ0v) is 12.4. The molecule has 108 valence electrons. The average molecular weight is 302 g/mol. The summed E-state index contributed by atoms with van der Waals surface area (Å²) in [7, 11) is 0. The quantitative estimate of drug-likeness (QED) is 0.625. The maximum Gasteiger partial charge on any atom is 0.433 e. The van der Waals surface area contributed by atoms with E-state index in [1.807, 2.05) is 26.8 Å². The summed E-state index contributed by atoms with van der Waals surface area (Å²) in [4.78, 5) is 3.72. The summed E-state index contributed by atoms with van der Waals surface area (Å²) in [5.41, 5.74) is 0.221. The van der Waals surface area contributed by atoms with Crippen LogP contribution in [0.2, 0.25) is 5.02 Å². The van der Waals surface area contributed by atoms with Crippen molar-refractivity contribution in [2.45, 2.75) is 39.3 Å². The molecule has 1 aromatic heterocycles. The molecule has 1 nitrogen and oxygen atoms in total. The Morgan fingerprint density at radius 1 is 1.10 bits per heavy atom. The van der Waals surface area contributed by atoms with Crippen LogP contribution in [0.15, 0.2) is 18.2 Å². The predicted molar refractivity (Wildman–Crippen MR) is 75.2 cm³/mol. The second kappa shape index (κ2) is 4.62. The maximum atomic E-state index is 12.9. The van der Waals surface area contributed by atoms with Crippen molar-refractivity contribution >= 4 is 22.5 Å². The molecule has 0 spiro atoms. The van der Waals surface area contributed by atoms with Crippen LogP contribution in [0, 0.1) is 6.92 Å². The molecule has 0 atom stereocenters. The lowest BCUT2D eigenvalue weighted by molar-refractivity contribution is -0.141. The number of alkyl halides is 3. The number of hydrogen-bond acceptors (Lipinski definition) is 1. The highest BCUT2D eigenvalue weighted by Gasteiger charge is 2.35. The van der Waals surface area contributed by atoms with Crippen molar-refractivity contribution in [3.63, 3.8) is 0 Å². The van der Waals surface area contributed by atoms with Gasteiger partial charge in [0.05, 0.1) is 10.5 Å². The maximum absolute atomic E-state index is 12.9. The highest BCUT2D eigenvalue weighted by Crippen LogP contribution is 2.37. The van der Waals surface area contributed by atoms with Gasteiger partial charge in [-0.3, -0.25) is 0 Å². The minimum Gasteiger partial charge on any atom is -0.243 e. The molecule has 0 aliphatic rings. The first-order chi connectivity index (χ1) is 9.01.